The number of hydrogen-bond acceptors (Lipinski definition) is 1. The second kappa shape index (κ2) is 3.09. The minimum Gasteiger partial charge on any atom is -0.477 e. The van der Waals surface area contributed by atoms with Gasteiger partial charge in [-0.3, -0.25) is 0 Å². The Morgan fingerprint density at radius 3 is 2.73 bits per heavy atom. The van der Waals surface area contributed by atoms with Crippen LogP contribution >= 0.6 is 15.9 Å². The number of carboxylic acid groups (broad SMARTS) is 1. The minimum atomic E-state index is -0.889. The first-order valence-electron chi connectivity index (χ1n) is 3.09. The Bertz CT molecular complexity index is 280. The summed E-state index contributed by atoms with van der Waals surface area (Å²) in [5, 5.41) is 9.33. The van der Waals surface area contributed by atoms with Crippen LogP contribution in [0.3, 0.4) is 0 Å². The molecule has 1 aromatic heterocycles. The molecular formula is C7H8BrNO2. The summed E-state index contributed by atoms with van der Waals surface area (Å²) in [5.41, 5.74) is 1.30. The largest absolute Gasteiger partial charge is 0.477 e. The van der Waals surface area contributed by atoms with Crippen molar-refractivity contribution >= 4 is 21.9 Å². The van der Waals surface area contributed by atoms with E-state index in [0.717, 1.165) is 5.56 Å². The van der Waals surface area contributed by atoms with Crippen molar-refractivity contribution in [3.05, 3.63) is 23.5 Å². The third-order valence-electron chi connectivity index (χ3n) is 1.43. The fourth-order valence-corrected chi connectivity index (χ4v) is 1.23. The van der Waals surface area contributed by atoms with Crippen LogP contribution in [0.25, 0.3) is 0 Å². The molecular weight excluding hydrogens is 210 g/mol. The van der Waals surface area contributed by atoms with Gasteiger partial charge in [0.2, 0.25) is 0 Å². The number of hydrogen-bond donors (Lipinski definition) is 1. The highest BCUT2D eigenvalue weighted by Crippen LogP contribution is 2.10. The summed E-state index contributed by atoms with van der Waals surface area (Å²) in [6, 6.07) is 1.65. The molecule has 0 saturated carbocycles. The van der Waals surface area contributed by atoms with Gasteiger partial charge in [0, 0.05) is 18.6 Å². The Labute approximate surface area is 72.8 Å². The SMILES string of the molecule is Cn1cc(CBr)cc1C(=O)O. The highest BCUT2D eigenvalue weighted by molar-refractivity contribution is 9.08. The van der Waals surface area contributed by atoms with Crippen LogP contribution in [0.15, 0.2) is 12.3 Å². The van der Waals surface area contributed by atoms with E-state index >= 15 is 0 Å². The summed E-state index contributed by atoms with van der Waals surface area (Å²) >= 11 is 3.25. The molecule has 0 aliphatic carbocycles. The highest BCUT2D eigenvalue weighted by Gasteiger charge is 2.08. The molecule has 0 aliphatic rings. The van der Waals surface area contributed by atoms with Crippen LogP contribution in [-0.2, 0) is 12.4 Å². The third-order valence-corrected chi connectivity index (χ3v) is 2.08. The van der Waals surface area contributed by atoms with Crippen molar-refractivity contribution in [3.63, 3.8) is 0 Å². The maximum absolute atomic E-state index is 10.5. The lowest BCUT2D eigenvalue weighted by molar-refractivity contribution is 0.0686. The van der Waals surface area contributed by atoms with Crippen molar-refractivity contribution in [2.75, 3.05) is 0 Å². The number of aromatic carboxylic acids is 1. The van der Waals surface area contributed by atoms with Crippen LogP contribution in [-0.4, -0.2) is 15.6 Å². The average molecular weight is 218 g/mol. The molecule has 60 valence electrons. The molecule has 11 heavy (non-hydrogen) atoms. The van der Waals surface area contributed by atoms with Gasteiger partial charge < -0.3 is 9.67 Å². The number of nitrogens with zero attached hydrogens (tertiary/aromatic N) is 1. The van der Waals surface area contributed by atoms with E-state index in [9.17, 15) is 4.79 Å². The molecule has 0 atom stereocenters. The van der Waals surface area contributed by atoms with Crippen LogP contribution in [0.1, 0.15) is 16.1 Å². The normalized spacial score (nSPS) is 10.0. The number of carbonyl (C=O) groups is 1. The van der Waals surface area contributed by atoms with Crippen LogP contribution in [0.5, 0.6) is 0 Å². The lowest BCUT2D eigenvalue weighted by Gasteiger charge is -1.93. The predicted octanol–water partition coefficient (Wildman–Crippen LogP) is 1.62. The van der Waals surface area contributed by atoms with Crippen molar-refractivity contribution in [2.45, 2.75) is 5.33 Å². The van der Waals surface area contributed by atoms with Gasteiger partial charge in [-0.1, -0.05) is 15.9 Å². The van der Waals surface area contributed by atoms with Gasteiger partial charge in [0.05, 0.1) is 0 Å². The summed E-state index contributed by atoms with van der Waals surface area (Å²) < 4.78 is 1.60. The van der Waals surface area contributed by atoms with E-state index in [4.69, 9.17) is 5.11 Å². The molecule has 0 saturated heterocycles. The molecule has 1 heterocycles. The first-order valence-corrected chi connectivity index (χ1v) is 4.22. The van der Waals surface area contributed by atoms with Gasteiger partial charge in [-0.25, -0.2) is 4.79 Å². The molecule has 0 fully saturated rings. The molecule has 1 N–H and O–H groups in total. The van der Waals surface area contributed by atoms with Crippen LogP contribution in [0, 0.1) is 0 Å². The summed E-state index contributed by atoms with van der Waals surface area (Å²) in [5.74, 6) is -0.889. The predicted molar refractivity (Wildman–Crippen MR) is 45.0 cm³/mol. The molecule has 1 aromatic rings. The van der Waals surface area contributed by atoms with Crippen molar-refractivity contribution in [1.29, 1.82) is 0 Å². The van der Waals surface area contributed by atoms with E-state index in [-0.39, 0.29) is 0 Å². The van der Waals surface area contributed by atoms with Crippen molar-refractivity contribution in [1.82, 2.24) is 4.57 Å². The van der Waals surface area contributed by atoms with E-state index in [2.05, 4.69) is 15.9 Å². The third kappa shape index (κ3) is 1.63. The monoisotopic (exact) mass is 217 g/mol. The number of rotatable bonds is 2. The first kappa shape index (κ1) is 8.33. The van der Waals surface area contributed by atoms with E-state index in [1.54, 1.807) is 23.9 Å². The smallest absolute Gasteiger partial charge is 0.352 e. The van der Waals surface area contributed by atoms with E-state index < -0.39 is 5.97 Å². The number of carboxylic acids is 1. The zero-order chi connectivity index (χ0) is 8.43. The molecule has 0 spiro atoms. The fraction of sp³-hybridized carbons (Fsp3) is 0.286. The van der Waals surface area contributed by atoms with Gasteiger partial charge in [0.15, 0.2) is 0 Å². The molecule has 0 aliphatic heterocycles. The van der Waals surface area contributed by atoms with E-state index in [1.165, 1.54) is 0 Å². The van der Waals surface area contributed by atoms with Crippen molar-refractivity contribution < 1.29 is 9.90 Å². The topological polar surface area (TPSA) is 42.2 Å². The highest BCUT2D eigenvalue weighted by atomic mass is 79.9. The van der Waals surface area contributed by atoms with Crippen molar-refractivity contribution in [2.24, 2.45) is 7.05 Å². The van der Waals surface area contributed by atoms with Crippen molar-refractivity contribution in [3.8, 4) is 0 Å². The molecule has 3 nitrogen and oxygen atoms in total. The average Bonchev–Trinajstić information content (AvgIpc) is 2.30. The molecule has 4 heteroatoms. The summed E-state index contributed by atoms with van der Waals surface area (Å²) in [7, 11) is 1.72. The molecule has 1 rings (SSSR count). The fourth-order valence-electron chi connectivity index (χ4n) is 0.919. The molecule has 0 unspecified atom stereocenters. The van der Waals surface area contributed by atoms with E-state index in [0.29, 0.717) is 11.0 Å². The molecule has 0 radical (unpaired) electrons. The Balaban J connectivity index is 3.07. The summed E-state index contributed by atoms with van der Waals surface area (Å²) in [4.78, 5) is 10.5. The number of halogens is 1. The standard InChI is InChI=1S/C7H8BrNO2/c1-9-4-5(3-8)2-6(9)7(10)11/h2,4H,3H2,1H3,(H,10,11). The first-order chi connectivity index (χ1) is 5.15. The number of alkyl halides is 1. The zero-order valence-electron chi connectivity index (χ0n) is 6.04. The van der Waals surface area contributed by atoms with Crippen LogP contribution in [0.2, 0.25) is 0 Å². The van der Waals surface area contributed by atoms with Gasteiger partial charge >= 0.3 is 5.97 Å². The minimum absolute atomic E-state index is 0.319. The Kier molecular flexibility index (Phi) is 2.34. The maximum atomic E-state index is 10.5. The van der Waals surface area contributed by atoms with Gasteiger partial charge in [-0.05, 0) is 11.6 Å². The molecule has 0 aromatic carbocycles. The lowest BCUT2D eigenvalue weighted by atomic mass is 10.3. The van der Waals surface area contributed by atoms with Crippen LogP contribution < -0.4 is 0 Å². The van der Waals surface area contributed by atoms with E-state index in [1.807, 2.05) is 0 Å². The van der Waals surface area contributed by atoms with Gasteiger partial charge in [-0.15, -0.1) is 0 Å². The van der Waals surface area contributed by atoms with Crippen LogP contribution in [0.4, 0.5) is 0 Å². The van der Waals surface area contributed by atoms with Gasteiger partial charge in [0.25, 0.3) is 0 Å². The second-order valence-corrected chi connectivity index (χ2v) is 2.84. The number of aromatic nitrogens is 1. The molecule has 0 bridgehead atoms. The summed E-state index contributed by atoms with van der Waals surface area (Å²) in [6.07, 6.45) is 1.79. The molecule has 0 amide bonds. The zero-order valence-corrected chi connectivity index (χ0v) is 7.63. The Morgan fingerprint density at radius 2 is 2.45 bits per heavy atom. The summed E-state index contributed by atoms with van der Waals surface area (Å²) in [6.45, 7) is 0. The Morgan fingerprint density at radius 1 is 1.82 bits per heavy atom. The Hall–Kier alpha value is -0.770. The quantitative estimate of drug-likeness (QED) is 0.766. The van der Waals surface area contributed by atoms with Gasteiger partial charge in [0.1, 0.15) is 5.69 Å². The lowest BCUT2D eigenvalue weighted by Crippen LogP contribution is -2.02. The number of aryl methyl sites for hydroxylation is 1. The van der Waals surface area contributed by atoms with Gasteiger partial charge in [-0.2, -0.15) is 0 Å². The maximum Gasteiger partial charge on any atom is 0.352 e. The second-order valence-electron chi connectivity index (χ2n) is 2.28.